The van der Waals surface area contributed by atoms with Crippen molar-refractivity contribution in [2.75, 3.05) is 38.4 Å². The Kier molecular flexibility index (Phi) is 5.73. The number of rotatable bonds is 6. The third-order valence-corrected chi connectivity index (χ3v) is 2.31. The molecule has 0 atom stereocenters. The first kappa shape index (κ1) is 14.1. The molecule has 0 radical (unpaired) electrons. The van der Waals surface area contributed by atoms with Crippen LogP contribution in [-0.4, -0.2) is 33.3 Å². The van der Waals surface area contributed by atoms with Crippen molar-refractivity contribution in [3.05, 3.63) is 29.8 Å². The molecule has 5 nitrogen and oxygen atoms in total. The fourth-order valence-corrected chi connectivity index (χ4v) is 1.37. The van der Waals surface area contributed by atoms with E-state index >= 15 is 0 Å². The second-order valence-electron chi connectivity index (χ2n) is 3.62. The molecule has 0 heterocycles. The average molecular weight is 250 g/mol. The predicted octanol–water partition coefficient (Wildman–Crippen LogP) is 1.51. The molecule has 18 heavy (non-hydrogen) atoms. The highest BCUT2D eigenvalue weighted by Gasteiger charge is 1.99. The van der Waals surface area contributed by atoms with Crippen molar-refractivity contribution in [3.8, 4) is 0 Å². The molecule has 0 aromatic heterocycles. The number of hydrogen-bond donors (Lipinski definition) is 2. The summed E-state index contributed by atoms with van der Waals surface area (Å²) < 4.78 is 9.45. The van der Waals surface area contributed by atoms with Gasteiger partial charge in [0.15, 0.2) is 0 Å². The fraction of sp³-hybridized carbons (Fsp3) is 0.308. The monoisotopic (exact) mass is 250 g/mol. The number of anilines is 2. The van der Waals surface area contributed by atoms with Crippen molar-refractivity contribution in [1.29, 1.82) is 0 Å². The lowest BCUT2D eigenvalue weighted by molar-refractivity contribution is -0.134. The molecule has 5 heteroatoms. The maximum atomic E-state index is 10.9. The number of esters is 1. The van der Waals surface area contributed by atoms with Gasteiger partial charge in [-0.1, -0.05) is 6.07 Å². The minimum Gasteiger partial charge on any atom is -0.466 e. The van der Waals surface area contributed by atoms with Gasteiger partial charge < -0.3 is 20.5 Å². The van der Waals surface area contributed by atoms with E-state index in [1.54, 1.807) is 19.3 Å². The standard InChI is InChI=1S/C13H18N2O3/c1-17-8-7-15-12-5-3-10(9-11(12)14)4-6-13(16)18-2/h3-6,9,15H,7-8,14H2,1-2H3/b6-4+. The minimum atomic E-state index is -0.393. The highest BCUT2D eigenvalue weighted by atomic mass is 16.5. The number of benzene rings is 1. The van der Waals surface area contributed by atoms with Gasteiger partial charge in [0, 0.05) is 19.7 Å². The van der Waals surface area contributed by atoms with Gasteiger partial charge in [-0.25, -0.2) is 4.79 Å². The summed E-state index contributed by atoms with van der Waals surface area (Å²) >= 11 is 0. The van der Waals surface area contributed by atoms with Crippen LogP contribution in [0, 0.1) is 0 Å². The van der Waals surface area contributed by atoms with Gasteiger partial charge in [-0.2, -0.15) is 0 Å². The number of methoxy groups -OCH3 is 2. The Labute approximate surface area is 107 Å². The molecule has 0 bridgehead atoms. The van der Waals surface area contributed by atoms with Crippen LogP contribution in [0.1, 0.15) is 5.56 Å². The molecule has 0 saturated heterocycles. The highest BCUT2D eigenvalue weighted by Crippen LogP contribution is 2.20. The summed E-state index contributed by atoms with van der Waals surface area (Å²) in [6.45, 7) is 1.31. The zero-order chi connectivity index (χ0) is 13.4. The van der Waals surface area contributed by atoms with E-state index in [1.807, 2.05) is 12.1 Å². The molecule has 1 aromatic carbocycles. The maximum Gasteiger partial charge on any atom is 0.330 e. The van der Waals surface area contributed by atoms with E-state index in [0.29, 0.717) is 18.8 Å². The predicted molar refractivity (Wildman–Crippen MR) is 72.3 cm³/mol. The number of ether oxygens (including phenoxy) is 2. The molecule has 0 spiro atoms. The third-order valence-electron chi connectivity index (χ3n) is 2.31. The van der Waals surface area contributed by atoms with Gasteiger partial charge in [-0.3, -0.25) is 0 Å². The highest BCUT2D eigenvalue weighted by molar-refractivity contribution is 5.87. The number of hydrogen-bond acceptors (Lipinski definition) is 5. The molecule has 0 aliphatic rings. The Morgan fingerprint density at radius 2 is 2.22 bits per heavy atom. The number of nitrogens with two attached hydrogens (primary N) is 1. The Morgan fingerprint density at radius 1 is 1.44 bits per heavy atom. The molecule has 0 aliphatic carbocycles. The quantitative estimate of drug-likeness (QED) is 0.346. The summed E-state index contributed by atoms with van der Waals surface area (Å²) in [7, 11) is 2.98. The number of carbonyl (C=O) groups is 1. The van der Waals surface area contributed by atoms with E-state index in [4.69, 9.17) is 10.5 Å². The molecule has 0 aliphatic heterocycles. The molecule has 0 saturated carbocycles. The zero-order valence-corrected chi connectivity index (χ0v) is 10.6. The minimum absolute atomic E-state index is 0.393. The van der Waals surface area contributed by atoms with Gasteiger partial charge in [-0.05, 0) is 23.8 Å². The Morgan fingerprint density at radius 3 is 2.83 bits per heavy atom. The number of carbonyl (C=O) groups excluding carboxylic acids is 1. The Hall–Kier alpha value is -2.01. The summed E-state index contributed by atoms with van der Waals surface area (Å²) in [5, 5.41) is 3.15. The van der Waals surface area contributed by atoms with Crippen molar-refractivity contribution in [2.45, 2.75) is 0 Å². The van der Waals surface area contributed by atoms with E-state index in [2.05, 4.69) is 10.1 Å². The zero-order valence-electron chi connectivity index (χ0n) is 10.6. The van der Waals surface area contributed by atoms with Crippen molar-refractivity contribution in [2.24, 2.45) is 0 Å². The fourth-order valence-electron chi connectivity index (χ4n) is 1.37. The molecule has 1 aromatic rings. The van der Waals surface area contributed by atoms with Gasteiger partial charge in [0.2, 0.25) is 0 Å². The summed E-state index contributed by atoms with van der Waals surface area (Å²) in [6.07, 6.45) is 3.01. The van der Waals surface area contributed by atoms with Crippen LogP contribution in [0.25, 0.3) is 6.08 Å². The van der Waals surface area contributed by atoms with Crippen LogP contribution in [0.15, 0.2) is 24.3 Å². The van der Waals surface area contributed by atoms with E-state index in [9.17, 15) is 4.79 Å². The van der Waals surface area contributed by atoms with Crippen LogP contribution in [-0.2, 0) is 14.3 Å². The van der Waals surface area contributed by atoms with E-state index in [-0.39, 0.29) is 0 Å². The summed E-state index contributed by atoms with van der Waals surface area (Å²) in [6, 6.07) is 5.52. The smallest absolute Gasteiger partial charge is 0.330 e. The second-order valence-corrected chi connectivity index (χ2v) is 3.62. The second kappa shape index (κ2) is 7.34. The van der Waals surface area contributed by atoms with Crippen LogP contribution >= 0.6 is 0 Å². The van der Waals surface area contributed by atoms with Gasteiger partial charge in [-0.15, -0.1) is 0 Å². The summed E-state index contributed by atoms with van der Waals surface area (Å²) in [5.41, 5.74) is 8.20. The van der Waals surface area contributed by atoms with Crippen molar-refractivity contribution >= 4 is 23.4 Å². The molecule has 3 N–H and O–H groups in total. The van der Waals surface area contributed by atoms with Crippen LogP contribution in [0.4, 0.5) is 11.4 Å². The van der Waals surface area contributed by atoms with E-state index < -0.39 is 5.97 Å². The van der Waals surface area contributed by atoms with E-state index in [1.165, 1.54) is 13.2 Å². The number of nitrogen functional groups attached to an aromatic ring is 1. The lowest BCUT2D eigenvalue weighted by atomic mass is 10.1. The number of nitrogens with one attached hydrogen (secondary N) is 1. The SMILES string of the molecule is COCCNc1ccc(/C=C/C(=O)OC)cc1N. The van der Waals surface area contributed by atoms with Crippen molar-refractivity contribution < 1.29 is 14.3 Å². The maximum absolute atomic E-state index is 10.9. The molecule has 0 unspecified atom stereocenters. The Bertz CT molecular complexity index is 430. The molecule has 0 fully saturated rings. The third kappa shape index (κ3) is 4.47. The lowest BCUT2D eigenvalue weighted by Gasteiger charge is -2.09. The normalized spacial score (nSPS) is 10.6. The van der Waals surface area contributed by atoms with Crippen LogP contribution in [0.3, 0.4) is 0 Å². The van der Waals surface area contributed by atoms with Gasteiger partial charge in [0.1, 0.15) is 0 Å². The van der Waals surface area contributed by atoms with Crippen LogP contribution in [0.2, 0.25) is 0 Å². The molecule has 0 amide bonds. The first-order chi connectivity index (χ1) is 8.67. The first-order valence-electron chi connectivity index (χ1n) is 5.55. The molecule has 98 valence electrons. The lowest BCUT2D eigenvalue weighted by Crippen LogP contribution is -2.09. The Balaban J connectivity index is 2.67. The van der Waals surface area contributed by atoms with Crippen LogP contribution < -0.4 is 11.1 Å². The molecular weight excluding hydrogens is 232 g/mol. The molecule has 1 rings (SSSR count). The van der Waals surface area contributed by atoms with Crippen molar-refractivity contribution in [3.63, 3.8) is 0 Å². The van der Waals surface area contributed by atoms with Gasteiger partial charge >= 0.3 is 5.97 Å². The van der Waals surface area contributed by atoms with Gasteiger partial charge in [0.05, 0.1) is 25.1 Å². The van der Waals surface area contributed by atoms with Crippen LogP contribution in [0.5, 0.6) is 0 Å². The van der Waals surface area contributed by atoms with Crippen molar-refractivity contribution in [1.82, 2.24) is 0 Å². The van der Waals surface area contributed by atoms with Gasteiger partial charge in [0.25, 0.3) is 0 Å². The van der Waals surface area contributed by atoms with E-state index in [0.717, 1.165) is 11.3 Å². The summed E-state index contributed by atoms with van der Waals surface area (Å²) in [4.78, 5) is 10.9. The molecular formula is C13H18N2O3. The topological polar surface area (TPSA) is 73.6 Å². The average Bonchev–Trinajstić information content (AvgIpc) is 2.38. The first-order valence-corrected chi connectivity index (χ1v) is 5.55. The summed E-state index contributed by atoms with van der Waals surface area (Å²) in [5.74, 6) is -0.393. The largest absolute Gasteiger partial charge is 0.466 e.